The molecule has 1 saturated heterocycles. The fourth-order valence-electron chi connectivity index (χ4n) is 9.34. The van der Waals surface area contributed by atoms with E-state index >= 15 is 0 Å². The van der Waals surface area contributed by atoms with Gasteiger partial charge in [-0.15, -0.1) is 0 Å². The van der Waals surface area contributed by atoms with Crippen LogP contribution in [0.5, 0.6) is 0 Å². The molecule has 0 aromatic rings. The van der Waals surface area contributed by atoms with Crippen LogP contribution in [0.2, 0.25) is 0 Å². The Bertz CT molecular complexity index is 1030. The molecule has 0 aromatic carbocycles. The maximum Gasteiger partial charge on any atom is 0.220 e. The van der Waals surface area contributed by atoms with E-state index in [1.54, 1.807) is 0 Å². The third kappa shape index (κ3) is 36.6. The second kappa shape index (κ2) is 46.6. The van der Waals surface area contributed by atoms with Crippen LogP contribution in [-0.2, 0) is 14.3 Å². The lowest BCUT2D eigenvalue weighted by Gasteiger charge is -2.40. The van der Waals surface area contributed by atoms with Gasteiger partial charge in [-0.3, -0.25) is 4.79 Å². The number of ether oxygens (including phenoxy) is 2. The summed E-state index contributed by atoms with van der Waals surface area (Å²) in [5, 5.41) is 54.7. The molecule has 1 aliphatic rings. The molecule has 0 bridgehead atoms. The molecule has 1 amide bonds. The van der Waals surface area contributed by atoms with Crippen molar-refractivity contribution in [2.45, 2.75) is 326 Å². The van der Waals surface area contributed by atoms with E-state index in [0.717, 1.165) is 38.5 Å². The molecule has 9 heteroatoms. The summed E-state index contributed by atoms with van der Waals surface area (Å²) in [7, 11) is 0. The van der Waals surface area contributed by atoms with Crippen LogP contribution in [0.15, 0.2) is 12.2 Å². The number of hydrogen-bond acceptors (Lipinski definition) is 8. The molecule has 65 heavy (non-hydrogen) atoms. The van der Waals surface area contributed by atoms with Crippen molar-refractivity contribution in [3.05, 3.63) is 12.2 Å². The molecular weight excluding hydrogens is 815 g/mol. The van der Waals surface area contributed by atoms with Crippen LogP contribution in [-0.4, -0.2) is 87.5 Å². The molecule has 1 heterocycles. The first-order valence-electron chi connectivity index (χ1n) is 28.4. The molecule has 0 spiro atoms. The van der Waals surface area contributed by atoms with Crippen molar-refractivity contribution in [2.75, 3.05) is 13.2 Å². The molecule has 0 saturated carbocycles. The summed E-state index contributed by atoms with van der Waals surface area (Å²) >= 11 is 0. The van der Waals surface area contributed by atoms with E-state index < -0.39 is 49.5 Å². The van der Waals surface area contributed by atoms with Crippen LogP contribution in [0.1, 0.15) is 284 Å². The molecular formula is C56H109NO8. The zero-order valence-corrected chi connectivity index (χ0v) is 42.8. The third-order valence-corrected chi connectivity index (χ3v) is 13.9. The predicted molar refractivity (Wildman–Crippen MR) is 272 cm³/mol. The van der Waals surface area contributed by atoms with Crippen molar-refractivity contribution >= 4 is 5.91 Å². The molecule has 7 atom stereocenters. The Balaban J connectivity index is 2.22. The molecule has 386 valence electrons. The molecule has 1 fully saturated rings. The molecule has 9 nitrogen and oxygen atoms in total. The van der Waals surface area contributed by atoms with Gasteiger partial charge in [0, 0.05) is 6.42 Å². The molecule has 0 radical (unpaired) electrons. The minimum atomic E-state index is -1.55. The van der Waals surface area contributed by atoms with Crippen molar-refractivity contribution in [3.63, 3.8) is 0 Å². The Morgan fingerprint density at radius 2 is 0.862 bits per heavy atom. The van der Waals surface area contributed by atoms with Gasteiger partial charge in [0.05, 0.1) is 25.4 Å². The number of allylic oxidation sites excluding steroid dienone is 2. The van der Waals surface area contributed by atoms with Gasteiger partial charge < -0.3 is 40.3 Å². The average molecular weight is 924 g/mol. The Labute approximate surface area is 401 Å². The number of carbonyl (C=O) groups is 1. The molecule has 0 aromatic heterocycles. The summed E-state index contributed by atoms with van der Waals surface area (Å²) in [6, 6.07) is -0.719. The summed E-state index contributed by atoms with van der Waals surface area (Å²) in [5.41, 5.74) is 0. The summed E-state index contributed by atoms with van der Waals surface area (Å²) in [6.45, 7) is 3.87. The predicted octanol–water partition coefficient (Wildman–Crippen LogP) is 13.6. The number of hydrogen-bond donors (Lipinski definition) is 6. The largest absolute Gasteiger partial charge is 0.394 e. The second-order valence-corrected chi connectivity index (χ2v) is 20.1. The van der Waals surface area contributed by atoms with Gasteiger partial charge in [0.15, 0.2) is 6.29 Å². The van der Waals surface area contributed by atoms with Gasteiger partial charge in [0.1, 0.15) is 24.4 Å². The van der Waals surface area contributed by atoms with Crippen LogP contribution < -0.4 is 5.32 Å². The SMILES string of the molecule is CCCCCCCCCCCCC/C=C\CCCCCCCCCC(=O)NC(COC1OC(CO)C(O)C(O)C1O)C(O)CCCCCCCCCCCCCCCCCCCCCC. The number of amides is 1. The first kappa shape index (κ1) is 61.9. The van der Waals surface area contributed by atoms with Gasteiger partial charge in [-0.05, 0) is 38.5 Å². The molecule has 1 rings (SSSR count). The van der Waals surface area contributed by atoms with E-state index in [1.807, 2.05) is 0 Å². The molecule has 0 aliphatic carbocycles. The van der Waals surface area contributed by atoms with E-state index in [-0.39, 0.29) is 12.5 Å². The average Bonchev–Trinajstić information content (AvgIpc) is 3.31. The third-order valence-electron chi connectivity index (χ3n) is 13.9. The lowest BCUT2D eigenvalue weighted by Crippen LogP contribution is -2.60. The fraction of sp³-hybridized carbons (Fsp3) is 0.946. The van der Waals surface area contributed by atoms with E-state index in [2.05, 4.69) is 31.3 Å². The summed E-state index contributed by atoms with van der Waals surface area (Å²) in [6.07, 6.45) is 49.5. The first-order valence-corrected chi connectivity index (χ1v) is 28.4. The summed E-state index contributed by atoms with van der Waals surface area (Å²) in [5.74, 6) is -0.144. The summed E-state index contributed by atoms with van der Waals surface area (Å²) < 4.78 is 11.3. The maximum absolute atomic E-state index is 13.1. The van der Waals surface area contributed by atoms with Crippen LogP contribution in [0.4, 0.5) is 0 Å². The van der Waals surface area contributed by atoms with Gasteiger partial charge in [-0.1, -0.05) is 251 Å². The number of rotatable bonds is 49. The number of unbranched alkanes of at least 4 members (excludes halogenated alkanes) is 37. The smallest absolute Gasteiger partial charge is 0.220 e. The van der Waals surface area contributed by atoms with Gasteiger partial charge in [0.25, 0.3) is 0 Å². The standard InChI is InChI=1S/C56H109NO8/c1-3-5-7-9-11-13-15-17-19-21-23-25-26-28-30-32-34-36-38-40-42-44-46-52(60)57-49(48-64-56-55(63)54(62)53(61)51(47-58)65-56)50(59)45-43-41-39-37-35-33-31-29-27-24-22-20-18-16-14-12-10-8-6-4-2/h26,28,49-51,53-56,58-59,61-63H,3-25,27,29-48H2,1-2H3,(H,57,60)/b28-26-. The van der Waals surface area contributed by atoms with Crippen molar-refractivity contribution in [2.24, 2.45) is 0 Å². The summed E-state index contributed by atoms with van der Waals surface area (Å²) in [4.78, 5) is 13.1. The highest BCUT2D eigenvalue weighted by Crippen LogP contribution is 2.23. The monoisotopic (exact) mass is 924 g/mol. The Morgan fingerprint density at radius 1 is 0.508 bits per heavy atom. The maximum atomic E-state index is 13.1. The number of aliphatic hydroxyl groups excluding tert-OH is 5. The van der Waals surface area contributed by atoms with Crippen molar-refractivity contribution in [1.82, 2.24) is 5.32 Å². The highest BCUT2D eigenvalue weighted by molar-refractivity contribution is 5.76. The molecule has 1 aliphatic heterocycles. The highest BCUT2D eigenvalue weighted by Gasteiger charge is 2.44. The minimum Gasteiger partial charge on any atom is -0.394 e. The fourth-order valence-corrected chi connectivity index (χ4v) is 9.34. The first-order chi connectivity index (χ1) is 31.8. The van der Waals surface area contributed by atoms with E-state index in [0.29, 0.717) is 12.8 Å². The zero-order valence-electron chi connectivity index (χ0n) is 42.8. The second-order valence-electron chi connectivity index (χ2n) is 20.1. The van der Waals surface area contributed by atoms with Crippen LogP contribution in [0.3, 0.4) is 0 Å². The quantitative estimate of drug-likeness (QED) is 0.0261. The minimum absolute atomic E-state index is 0.136. The molecule has 7 unspecified atom stereocenters. The van der Waals surface area contributed by atoms with E-state index in [9.17, 15) is 30.3 Å². The topological polar surface area (TPSA) is 149 Å². The van der Waals surface area contributed by atoms with Crippen molar-refractivity contribution in [3.8, 4) is 0 Å². The van der Waals surface area contributed by atoms with Crippen LogP contribution >= 0.6 is 0 Å². The Hall–Kier alpha value is -1.07. The lowest BCUT2D eigenvalue weighted by atomic mass is 9.99. The Kier molecular flexibility index (Phi) is 44.5. The van der Waals surface area contributed by atoms with Gasteiger partial charge >= 0.3 is 0 Å². The van der Waals surface area contributed by atoms with Gasteiger partial charge in [-0.25, -0.2) is 0 Å². The lowest BCUT2D eigenvalue weighted by molar-refractivity contribution is -0.302. The zero-order chi connectivity index (χ0) is 47.3. The van der Waals surface area contributed by atoms with Gasteiger partial charge in [-0.2, -0.15) is 0 Å². The van der Waals surface area contributed by atoms with Crippen LogP contribution in [0, 0.1) is 0 Å². The normalized spacial score (nSPS) is 19.9. The molecule has 6 N–H and O–H groups in total. The van der Waals surface area contributed by atoms with E-state index in [1.165, 1.54) is 218 Å². The number of carbonyl (C=O) groups excluding carboxylic acids is 1. The Morgan fingerprint density at radius 3 is 1.25 bits per heavy atom. The van der Waals surface area contributed by atoms with Crippen molar-refractivity contribution in [1.29, 1.82) is 0 Å². The van der Waals surface area contributed by atoms with E-state index in [4.69, 9.17) is 9.47 Å². The van der Waals surface area contributed by atoms with Crippen LogP contribution in [0.25, 0.3) is 0 Å². The van der Waals surface area contributed by atoms with Crippen molar-refractivity contribution < 1.29 is 39.8 Å². The van der Waals surface area contributed by atoms with Gasteiger partial charge in [0.2, 0.25) is 5.91 Å². The highest BCUT2D eigenvalue weighted by atomic mass is 16.7. The number of nitrogens with one attached hydrogen (secondary N) is 1. The number of aliphatic hydroxyl groups is 5.